The molecule has 0 unspecified atom stereocenters. The van der Waals surface area contributed by atoms with Crippen LogP contribution in [0.15, 0.2) is 39.3 Å². The number of nitrogens with one attached hydrogen (secondary N) is 1. The van der Waals surface area contributed by atoms with E-state index >= 15 is 0 Å². The molecule has 0 bridgehead atoms. The molecule has 1 heterocycles. The summed E-state index contributed by atoms with van der Waals surface area (Å²) < 4.78 is 13.9. The first-order chi connectivity index (χ1) is 9.52. The van der Waals surface area contributed by atoms with E-state index in [0.29, 0.717) is 9.35 Å². The Labute approximate surface area is 126 Å². The fourth-order valence-electron chi connectivity index (χ4n) is 1.53. The number of amides is 1. The molecule has 0 atom stereocenters. The highest BCUT2D eigenvalue weighted by Crippen LogP contribution is 2.25. The Balaban J connectivity index is 2.35. The number of carbonyl (C=O) groups is 1. The second kappa shape index (κ2) is 6.02. The van der Waals surface area contributed by atoms with Gasteiger partial charge in [0.1, 0.15) is 10.7 Å². The summed E-state index contributed by atoms with van der Waals surface area (Å²) in [6, 6.07) is 5.35. The molecule has 2 aromatic rings. The van der Waals surface area contributed by atoms with Crippen LogP contribution in [-0.4, -0.2) is 17.0 Å². The first-order valence-corrected chi connectivity index (χ1v) is 7.02. The normalized spacial score (nSPS) is 11.4. The quantitative estimate of drug-likeness (QED) is 0.341. The van der Waals surface area contributed by atoms with Gasteiger partial charge in [-0.25, -0.2) is 4.39 Å². The summed E-state index contributed by atoms with van der Waals surface area (Å²) in [5.41, 5.74) is 5.83. The molecule has 0 aliphatic heterocycles. The largest absolute Gasteiger partial charge is 0.409 e. The second-order valence-corrected chi connectivity index (χ2v) is 5.50. The van der Waals surface area contributed by atoms with Crippen molar-refractivity contribution in [1.82, 2.24) is 0 Å². The lowest BCUT2D eigenvalue weighted by atomic mass is 10.1. The van der Waals surface area contributed by atoms with Gasteiger partial charge in [-0.2, -0.15) is 0 Å². The number of thiophene rings is 1. The minimum atomic E-state index is -0.554. The number of anilines is 1. The third-order valence-electron chi connectivity index (χ3n) is 2.44. The van der Waals surface area contributed by atoms with Crippen LogP contribution in [-0.2, 0) is 0 Å². The standard InChI is InChI=1S/C12H9BrFN3O2S/c13-8-3-4-20-10(8)12(18)16-9-2-1-6(14)5-7(9)11(15)17-19/h1-5,19H,(H2,15,17)(H,16,18). The van der Waals surface area contributed by atoms with Gasteiger partial charge < -0.3 is 16.3 Å². The van der Waals surface area contributed by atoms with Gasteiger partial charge in [0.05, 0.1) is 5.69 Å². The fraction of sp³-hybridized carbons (Fsp3) is 0. The summed E-state index contributed by atoms with van der Waals surface area (Å²) >= 11 is 4.51. The lowest BCUT2D eigenvalue weighted by molar-refractivity contribution is 0.103. The third kappa shape index (κ3) is 2.97. The smallest absolute Gasteiger partial charge is 0.266 e. The number of amidine groups is 1. The summed E-state index contributed by atoms with van der Waals surface area (Å²) in [5.74, 6) is -1.21. The maximum absolute atomic E-state index is 13.2. The lowest BCUT2D eigenvalue weighted by Gasteiger charge is -2.09. The van der Waals surface area contributed by atoms with Crippen molar-refractivity contribution in [3.05, 3.63) is 50.4 Å². The highest BCUT2D eigenvalue weighted by atomic mass is 79.9. The van der Waals surface area contributed by atoms with Gasteiger partial charge in [0.15, 0.2) is 5.84 Å². The highest BCUT2D eigenvalue weighted by Gasteiger charge is 2.15. The highest BCUT2D eigenvalue weighted by molar-refractivity contribution is 9.10. The molecule has 0 aliphatic carbocycles. The zero-order valence-corrected chi connectivity index (χ0v) is 12.3. The molecule has 1 aromatic heterocycles. The summed E-state index contributed by atoms with van der Waals surface area (Å²) in [5, 5.41) is 15.9. The van der Waals surface area contributed by atoms with E-state index < -0.39 is 5.82 Å². The molecule has 0 saturated carbocycles. The summed E-state index contributed by atoms with van der Waals surface area (Å²) in [6.07, 6.45) is 0. The molecule has 0 aliphatic rings. The van der Waals surface area contributed by atoms with Crippen molar-refractivity contribution in [3.63, 3.8) is 0 Å². The van der Waals surface area contributed by atoms with E-state index in [1.54, 1.807) is 11.4 Å². The number of halogens is 2. The molecule has 2 rings (SSSR count). The Morgan fingerprint density at radius 2 is 2.20 bits per heavy atom. The predicted octanol–water partition coefficient (Wildman–Crippen LogP) is 3.00. The number of rotatable bonds is 3. The second-order valence-electron chi connectivity index (χ2n) is 3.73. The molecule has 1 amide bonds. The van der Waals surface area contributed by atoms with Gasteiger partial charge in [0, 0.05) is 10.0 Å². The van der Waals surface area contributed by atoms with Crippen LogP contribution in [0.1, 0.15) is 15.2 Å². The Hall–Kier alpha value is -1.93. The molecule has 0 saturated heterocycles. The average Bonchev–Trinajstić information content (AvgIpc) is 2.86. The van der Waals surface area contributed by atoms with Crippen molar-refractivity contribution in [1.29, 1.82) is 0 Å². The number of hydrogen-bond acceptors (Lipinski definition) is 4. The summed E-state index contributed by atoms with van der Waals surface area (Å²) in [6.45, 7) is 0. The molecule has 8 heteroatoms. The predicted molar refractivity (Wildman–Crippen MR) is 78.9 cm³/mol. The number of nitrogens with two attached hydrogens (primary N) is 1. The van der Waals surface area contributed by atoms with Crippen LogP contribution in [0.3, 0.4) is 0 Å². The van der Waals surface area contributed by atoms with E-state index in [1.807, 2.05) is 0 Å². The SMILES string of the molecule is N/C(=N/O)c1cc(F)ccc1NC(=O)c1sccc1Br. The van der Waals surface area contributed by atoms with Crippen molar-refractivity contribution in [2.75, 3.05) is 5.32 Å². The van der Waals surface area contributed by atoms with E-state index in [-0.39, 0.29) is 23.0 Å². The van der Waals surface area contributed by atoms with Crippen LogP contribution in [0.5, 0.6) is 0 Å². The Morgan fingerprint density at radius 1 is 1.45 bits per heavy atom. The van der Waals surface area contributed by atoms with Gasteiger partial charge in [-0.3, -0.25) is 4.79 Å². The van der Waals surface area contributed by atoms with Gasteiger partial charge >= 0.3 is 0 Å². The molecule has 4 N–H and O–H groups in total. The van der Waals surface area contributed by atoms with Crippen LogP contribution < -0.4 is 11.1 Å². The topological polar surface area (TPSA) is 87.7 Å². The van der Waals surface area contributed by atoms with Gasteiger partial charge in [-0.15, -0.1) is 11.3 Å². The van der Waals surface area contributed by atoms with E-state index in [1.165, 1.54) is 23.5 Å². The average molecular weight is 358 g/mol. The maximum Gasteiger partial charge on any atom is 0.266 e. The van der Waals surface area contributed by atoms with E-state index in [9.17, 15) is 9.18 Å². The van der Waals surface area contributed by atoms with Gasteiger partial charge in [-0.05, 0) is 45.6 Å². The van der Waals surface area contributed by atoms with Crippen molar-refractivity contribution in [3.8, 4) is 0 Å². The van der Waals surface area contributed by atoms with Crippen LogP contribution >= 0.6 is 27.3 Å². The Morgan fingerprint density at radius 3 is 2.80 bits per heavy atom. The molecule has 0 spiro atoms. The number of carbonyl (C=O) groups excluding carboxylic acids is 1. The zero-order valence-electron chi connectivity index (χ0n) is 9.93. The van der Waals surface area contributed by atoms with Crippen molar-refractivity contribution in [2.45, 2.75) is 0 Å². The minimum Gasteiger partial charge on any atom is -0.409 e. The third-order valence-corrected chi connectivity index (χ3v) is 4.27. The van der Waals surface area contributed by atoms with Gasteiger partial charge in [-0.1, -0.05) is 5.16 Å². The van der Waals surface area contributed by atoms with Crippen LogP contribution in [0, 0.1) is 5.82 Å². The van der Waals surface area contributed by atoms with Crippen molar-refractivity contribution >= 4 is 44.7 Å². The number of benzene rings is 1. The zero-order chi connectivity index (χ0) is 14.7. The van der Waals surface area contributed by atoms with Crippen molar-refractivity contribution in [2.24, 2.45) is 10.9 Å². The first kappa shape index (κ1) is 14.5. The molecule has 104 valence electrons. The summed E-state index contributed by atoms with van der Waals surface area (Å²) in [7, 11) is 0. The molecule has 5 nitrogen and oxygen atoms in total. The van der Waals surface area contributed by atoms with Crippen LogP contribution in [0.25, 0.3) is 0 Å². The first-order valence-electron chi connectivity index (χ1n) is 5.34. The van der Waals surface area contributed by atoms with E-state index in [0.717, 1.165) is 6.07 Å². The van der Waals surface area contributed by atoms with E-state index in [2.05, 4.69) is 26.4 Å². The lowest BCUT2D eigenvalue weighted by Crippen LogP contribution is -2.19. The Kier molecular flexibility index (Phi) is 4.35. The van der Waals surface area contributed by atoms with Gasteiger partial charge in [0.2, 0.25) is 0 Å². The molecular weight excluding hydrogens is 349 g/mol. The van der Waals surface area contributed by atoms with Crippen LogP contribution in [0.2, 0.25) is 0 Å². The Bertz CT molecular complexity index is 687. The molecule has 1 aromatic carbocycles. The molecular formula is C12H9BrFN3O2S. The number of nitrogens with zero attached hydrogens (tertiary/aromatic N) is 1. The van der Waals surface area contributed by atoms with Gasteiger partial charge in [0.25, 0.3) is 5.91 Å². The maximum atomic E-state index is 13.2. The number of oxime groups is 1. The summed E-state index contributed by atoms with van der Waals surface area (Å²) in [4.78, 5) is 12.5. The minimum absolute atomic E-state index is 0.105. The number of hydrogen-bond donors (Lipinski definition) is 3. The molecule has 0 radical (unpaired) electrons. The van der Waals surface area contributed by atoms with Crippen LogP contribution in [0.4, 0.5) is 10.1 Å². The molecule has 0 fully saturated rings. The molecule has 20 heavy (non-hydrogen) atoms. The van der Waals surface area contributed by atoms with E-state index in [4.69, 9.17) is 10.9 Å². The van der Waals surface area contributed by atoms with Crippen molar-refractivity contribution < 1.29 is 14.4 Å². The fourth-order valence-corrected chi connectivity index (χ4v) is 2.97. The monoisotopic (exact) mass is 357 g/mol.